The van der Waals surface area contributed by atoms with Crippen molar-refractivity contribution >= 4 is 5.91 Å². The van der Waals surface area contributed by atoms with Gasteiger partial charge in [-0.3, -0.25) is 10.1 Å². The predicted octanol–water partition coefficient (Wildman–Crippen LogP) is 2.16. The second-order valence-electron chi connectivity index (χ2n) is 7.45. The largest absolute Gasteiger partial charge is 0.325 e. The molecule has 2 fully saturated rings. The Hall–Kier alpha value is -0.610. The number of rotatable bonds is 5. The molecule has 4 heteroatoms. The smallest absolute Gasteiger partial charge is 0.241 e. The van der Waals surface area contributed by atoms with Crippen LogP contribution in [0.25, 0.3) is 0 Å². The average Bonchev–Trinajstić information content (AvgIpc) is 2.77. The van der Waals surface area contributed by atoms with Gasteiger partial charge in [0.2, 0.25) is 5.91 Å². The molecule has 0 aromatic rings. The molecule has 2 unspecified atom stereocenters. The van der Waals surface area contributed by atoms with Gasteiger partial charge in [0.25, 0.3) is 0 Å². The first kappa shape index (κ1) is 16.8. The summed E-state index contributed by atoms with van der Waals surface area (Å²) in [5, 5.41) is 3.57. The minimum atomic E-state index is 0.00753. The van der Waals surface area contributed by atoms with Crippen molar-refractivity contribution in [1.29, 1.82) is 0 Å². The molecule has 2 heterocycles. The quantitative estimate of drug-likeness (QED) is 0.844. The third-order valence-corrected chi connectivity index (χ3v) is 5.14. The van der Waals surface area contributed by atoms with Crippen LogP contribution in [0.4, 0.5) is 0 Å². The van der Waals surface area contributed by atoms with Crippen LogP contribution in [0.2, 0.25) is 0 Å². The van der Waals surface area contributed by atoms with Gasteiger partial charge in [0, 0.05) is 6.54 Å². The lowest BCUT2D eigenvalue weighted by Gasteiger charge is -2.35. The standard InChI is InChI=1S/C17H33N3O/c1-6-19-9-7-14(8-10-19)11-20-16(13(4)5)18-15(12(2)3)17(20)21/h12-16,18H,6-11H2,1-5H3. The second-order valence-corrected chi connectivity index (χ2v) is 7.45. The fourth-order valence-electron chi connectivity index (χ4n) is 3.66. The zero-order chi connectivity index (χ0) is 15.6. The van der Waals surface area contributed by atoms with Crippen LogP contribution >= 0.6 is 0 Å². The fraction of sp³-hybridized carbons (Fsp3) is 0.941. The van der Waals surface area contributed by atoms with E-state index in [2.05, 4.69) is 49.7 Å². The molecule has 2 aliphatic heterocycles. The van der Waals surface area contributed by atoms with Crippen LogP contribution in [0.15, 0.2) is 0 Å². The van der Waals surface area contributed by atoms with Crippen molar-refractivity contribution in [2.24, 2.45) is 17.8 Å². The molecule has 0 bridgehead atoms. The summed E-state index contributed by atoms with van der Waals surface area (Å²) in [7, 11) is 0. The Labute approximate surface area is 130 Å². The summed E-state index contributed by atoms with van der Waals surface area (Å²) >= 11 is 0. The molecule has 0 spiro atoms. The Kier molecular flexibility index (Phi) is 5.67. The number of amides is 1. The minimum absolute atomic E-state index is 0.00753. The van der Waals surface area contributed by atoms with E-state index in [9.17, 15) is 4.79 Å². The van der Waals surface area contributed by atoms with Crippen LogP contribution in [-0.4, -0.2) is 54.1 Å². The number of carbonyl (C=O) groups is 1. The number of nitrogens with one attached hydrogen (secondary N) is 1. The van der Waals surface area contributed by atoms with E-state index in [-0.39, 0.29) is 12.2 Å². The minimum Gasteiger partial charge on any atom is -0.325 e. The summed E-state index contributed by atoms with van der Waals surface area (Å²) in [6, 6.07) is 0.00753. The number of piperidine rings is 1. The molecule has 4 nitrogen and oxygen atoms in total. The van der Waals surface area contributed by atoms with E-state index >= 15 is 0 Å². The first-order valence-corrected chi connectivity index (χ1v) is 8.72. The van der Waals surface area contributed by atoms with Crippen LogP contribution in [0, 0.1) is 17.8 Å². The number of carbonyl (C=O) groups excluding carboxylic acids is 1. The first-order chi connectivity index (χ1) is 9.93. The monoisotopic (exact) mass is 295 g/mol. The van der Waals surface area contributed by atoms with E-state index < -0.39 is 0 Å². The van der Waals surface area contributed by atoms with E-state index in [1.807, 2.05) is 0 Å². The van der Waals surface area contributed by atoms with Crippen molar-refractivity contribution in [2.75, 3.05) is 26.2 Å². The van der Waals surface area contributed by atoms with Gasteiger partial charge in [0.05, 0.1) is 12.2 Å². The van der Waals surface area contributed by atoms with E-state index in [1.54, 1.807) is 0 Å². The van der Waals surface area contributed by atoms with Gasteiger partial charge in [-0.2, -0.15) is 0 Å². The van der Waals surface area contributed by atoms with Gasteiger partial charge in [-0.1, -0.05) is 34.6 Å². The van der Waals surface area contributed by atoms with Gasteiger partial charge in [-0.05, 0) is 50.2 Å². The van der Waals surface area contributed by atoms with E-state index in [4.69, 9.17) is 0 Å². The second kappa shape index (κ2) is 7.10. The average molecular weight is 295 g/mol. The van der Waals surface area contributed by atoms with Gasteiger partial charge in [-0.15, -0.1) is 0 Å². The van der Waals surface area contributed by atoms with Crippen LogP contribution in [0.5, 0.6) is 0 Å². The summed E-state index contributed by atoms with van der Waals surface area (Å²) in [6.07, 6.45) is 2.68. The third kappa shape index (κ3) is 3.78. The van der Waals surface area contributed by atoms with Crippen molar-refractivity contribution in [3.05, 3.63) is 0 Å². The van der Waals surface area contributed by atoms with E-state index in [0.717, 1.165) is 13.1 Å². The molecular formula is C17H33N3O. The Bertz CT molecular complexity index is 348. The van der Waals surface area contributed by atoms with Gasteiger partial charge in [0.1, 0.15) is 0 Å². The SMILES string of the molecule is CCN1CCC(CN2C(=O)C(C(C)C)NC2C(C)C)CC1. The molecule has 0 saturated carbocycles. The highest BCUT2D eigenvalue weighted by Gasteiger charge is 2.42. The number of hydrogen-bond acceptors (Lipinski definition) is 3. The van der Waals surface area contributed by atoms with Crippen molar-refractivity contribution in [3.63, 3.8) is 0 Å². The maximum Gasteiger partial charge on any atom is 0.241 e. The van der Waals surface area contributed by atoms with Crippen molar-refractivity contribution in [3.8, 4) is 0 Å². The summed E-state index contributed by atoms with van der Waals surface area (Å²) < 4.78 is 0. The van der Waals surface area contributed by atoms with Crippen molar-refractivity contribution in [2.45, 2.75) is 59.7 Å². The maximum absolute atomic E-state index is 12.7. The molecule has 2 atom stereocenters. The highest BCUT2D eigenvalue weighted by atomic mass is 16.2. The Balaban J connectivity index is 1.98. The zero-order valence-electron chi connectivity index (χ0n) is 14.4. The van der Waals surface area contributed by atoms with E-state index in [0.29, 0.717) is 23.7 Å². The molecule has 122 valence electrons. The topological polar surface area (TPSA) is 35.6 Å². The van der Waals surface area contributed by atoms with Crippen LogP contribution in [-0.2, 0) is 4.79 Å². The molecule has 0 radical (unpaired) electrons. The van der Waals surface area contributed by atoms with Gasteiger partial charge >= 0.3 is 0 Å². The van der Waals surface area contributed by atoms with Gasteiger partial charge in [-0.25, -0.2) is 0 Å². The normalized spacial score (nSPS) is 29.1. The molecule has 2 rings (SSSR count). The molecule has 21 heavy (non-hydrogen) atoms. The lowest BCUT2D eigenvalue weighted by molar-refractivity contribution is -0.132. The first-order valence-electron chi connectivity index (χ1n) is 8.72. The van der Waals surface area contributed by atoms with Gasteiger partial charge < -0.3 is 9.80 Å². The Morgan fingerprint density at radius 3 is 2.24 bits per heavy atom. The maximum atomic E-state index is 12.7. The van der Waals surface area contributed by atoms with Crippen molar-refractivity contribution in [1.82, 2.24) is 15.1 Å². The highest BCUT2D eigenvalue weighted by Crippen LogP contribution is 2.26. The lowest BCUT2D eigenvalue weighted by atomic mass is 9.95. The Morgan fingerprint density at radius 2 is 1.76 bits per heavy atom. The number of nitrogens with zero attached hydrogens (tertiary/aromatic N) is 2. The zero-order valence-corrected chi connectivity index (χ0v) is 14.4. The van der Waals surface area contributed by atoms with Crippen LogP contribution < -0.4 is 5.32 Å². The summed E-state index contributed by atoms with van der Waals surface area (Å²) in [4.78, 5) is 17.4. The summed E-state index contributed by atoms with van der Waals surface area (Å²) in [5.41, 5.74) is 0. The molecule has 1 amide bonds. The van der Waals surface area contributed by atoms with Crippen molar-refractivity contribution < 1.29 is 4.79 Å². The molecular weight excluding hydrogens is 262 g/mol. The van der Waals surface area contributed by atoms with Gasteiger partial charge in [0.15, 0.2) is 0 Å². The molecule has 0 aromatic carbocycles. The number of hydrogen-bond donors (Lipinski definition) is 1. The number of likely N-dealkylation sites (tertiary alicyclic amines) is 1. The molecule has 2 saturated heterocycles. The predicted molar refractivity (Wildman–Crippen MR) is 86.9 cm³/mol. The summed E-state index contributed by atoms with van der Waals surface area (Å²) in [5.74, 6) is 1.83. The van der Waals surface area contributed by atoms with E-state index in [1.165, 1.54) is 25.9 Å². The highest BCUT2D eigenvalue weighted by molar-refractivity contribution is 5.84. The molecule has 2 aliphatic rings. The fourth-order valence-corrected chi connectivity index (χ4v) is 3.66. The lowest BCUT2D eigenvalue weighted by Crippen LogP contribution is -2.45. The van der Waals surface area contributed by atoms with Crippen LogP contribution in [0.3, 0.4) is 0 Å². The van der Waals surface area contributed by atoms with Crippen LogP contribution in [0.1, 0.15) is 47.5 Å². The molecule has 0 aliphatic carbocycles. The summed E-state index contributed by atoms with van der Waals surface area (Å²) in [6.45, 7) is 15.4. The molecule has 0 aromatic heterocycles. The third-order valence-electron chi connectivity index (χ3n) is 5.14. The molecule has 1 N–H and O–H groups in total. The Morgan fingerprint density at radius 1 is 1.14 bits per heavy atom.